The molecule has 2 aromatic carbocycles. The van der Waals surface area contributed by atoms with E-state index in [0.29, 0.717) is 0 Å². The van der Waals surface area contributed by atoms with Crippen LogP contribution in [0.2, 0.25) is 0 Å². The van der Waals surface area contributed by atoms with Gasteiger partial charge in [-0.25, -0.2) is 0 Å². The second-order valence-electron chi connectivity index (χ2n) is 5.22. The van der Waals surface area contributed by atoms with Crippen LogP contribution in [-0.4, -0.2) is 9.67 Å². The lowest BCUT2D eigenvalue weighted by Crippen LogP contribution is -2.24. The Labute approximate surface area is 112 Å². The third-order valence-electron chi connectivity index (χ3n) is 3.27. The molecular weight excluding hydrogens is 234 g/mol. The number of hydrogen-bond donors (Lipinski definition) is 1. The van der Waals surface area contributed by atoms with Gasteiger partial charge in [0.1, 0.15) is 5.72 Å². The maximum absolute atomic E-state index is 10.2. The number of aromatic nitrogens is 1. The fourth-order valence-corrected chi connectivity index (χ4v) is 2.30. The van der Waals surface area contributed by atoms with Crippen LogP contribution in [0.4, 0.5) is 0 Å². The van der Waals surface area contributed by atoms with Gasteiger partial charge in [0, 0.05) is 17.6 Å². The lowest BCUT2D eigenvalue weighted by Gasteiger charge is -2.21. The van der Waals surface area contributed by atoms with Crippen molar-refractivity contribution in [3.8, 4) is 11.1 Å². The molecule has 1 radical (unpaired) electrons. The maximum atomic E-state index is 10.2. The fraction of sp³-hybridized carbons (Fsp3) is 0.176. The molecule has 0 saturated carbocycles. The van der Waals surface area contributed by atoms with Gasteiger partial charge in [0.05, 0.1) is 5.52 Å². The van der Waals surface area contributed by atoms with E-state index >= 15 is 0 Å². The van der Waals surface area contributed by atoms with E-state index in [9.17, 15) is 5.11 Å². The van der Waals surface area contributed by atoms with E-state index in [2.05, 4.69) is 30.3 Å². The lowest BCUT2D eigenvalue weighted by molar-refractivity contribution is 0.00622. The Hall–Kier alpha value is -2.06. The van der Waals surface area contributed by atoms with Crippen molar-refractivity contribution >= 4 is 10.9 Å². The third-order valence-corrected chi connectivity index (χ3v) is 3.27. The summed E-state index contributed by atoms with van der Waals surface area (Å²) in [7, 11) is 0. The Kier molecular flexibility index (Phi) is 2.68. The zero-order valence-electron chi connectivity index (χ0n) is 11.1. The molecule has 0 saturated heterocycles. The van der Waals surface area contributed by atoms with Gasteiger partial charge in [0.15, 0.2) is 0 Å². The first-order valence-corrected chi connectivity index (χ1v) is 6.37. The smallest absolute Gasteiger partial charge is 0.136 e. The highest BCUT2D eigenvalue weighted by molar-refractivity contribution is 5.84. The van der Waals surface area contributed by atoms with Gasteiger partial charge in [-0.2, -0.15) is 0 Å². The minimum Gasteiger partial charge on any atom is -0.371 e. The molecule has 0 atom stereocenters. The van der Waals surface area contributed by atoms with E-state index in [1.807, 2.05) is 35.0 Å². The molecule has 0 aliphatic heterocycles. The molecule has 3 rings (SSSR count). The van der Waals surface area contributed by atoms with Gasteiger partial charge in [-0.05, 0) is 31.0 Å². The van der Waals surface area contributed by atoms with E-state index in [-0.39, 0.29) is 0 Å². The van der Waals surface area contributed by atoms with Crippen LogP contribution in [0.1, 0.15) is 13.8 Å². The first-order chi connectivity index (χ1) is 9.05. The fourth-order valence-electron chi connectivity index (χ4n) is 2.30. The van der Waals surface area contributed by atoms with E-state index in [4.69, 9.17) is 0 Å². The van der Waals surface area contributed by atoms with Crippen LogP contribution in [-0.2, 0) is 5.72 Å². The van der Waals surface area contributed by atoms with Gasteiger partial charge in [-0.3, -0.25) is 0 Å². The van der Waals surface area contributed by atoms with Crippen molar-refractivity contribution in [1.82, 2.24) is 4.57 Å². The molecule has 0 aliphatic rings. The molecule has 1 N–H and O–H groups in total. The molecular formula is C17H16NO. The van der Waals surface area contributed by atoms with E-state index < -0.39 is 5.72 Å². The van der Waals surface area contributed by atoms with Crippen LogP contribution in [0.5, 0.6) is 0 Å². The summed E-state index contributed by atoms with van der Waals surface area (Å²) in [4.78, 5) is 0. The van der Waals surface area contributed by atoms with Crippen LogP contribution < -0.4 is 0 Å². The van der Waals surface area contributed by atoms with Crippen molar-refractivity contribution in [2.75, 3.05) is 0 Å². The van der Waals surface area contributed by atoms with Gasteiger partial charge in [0.2, 0.25) is 0 Å². The highest BCUT2D eigenvalue weighted by atomic mass is 16.3. The number of nitrogens with zero attached hydrogens (tertiary/aromatic N) is 1. The van der Waals surface area contributed by atoms with Crippen molar-refractivity contribution in [3.63, 3.8) is 0 Å². The first-order valence-electron chi connectivity index (χ1n) is 6.37. The molecule has 95 valence electrons. The standard InChI is InChI=1S/C17H16NO/c1-17(2,19)18-11-10-14-8-9-15(12-16(14)18)13-6-4-3-5-7-13/h3-11,19H,1-2H3. The highest BCUT2D eigenvalue weighted by Gasteiger charge is 2.17. The predicted octanol–water partition coefficient (Wildman–Crippen LogP) is 3.79. The zero-order chi connectivity index (χ0) is 13.5. The number of rotatable bonds is 2. The van der Waals surface area contributed by atoms with Crippen LogP contribution in [0, 0.1) is 6.07 Å². The van der Waals surface area contributed by atoms with Crippen molar-refractivity contribution in [3.05, 3.63) is 60.8 Å². The molecule has 0 bridgehead atoms. The molecule has 2 heteroatoms. The monoisotopic (exact) mass is 250 g/mol. The molecule has 1 heterocycles. The Balaban J connectivity index is 2.20. The van der Waals surface area contributed by atoms with Gasteiger partial charge in [-0.1, -0.05) is 42.5 Å². The van der Waals surface area contributed by atoms with Crippen LogP contribution in [0.25, 0.3) is 22.0 Å². The maximum Gasteiger partial charge on any atom is 0.136 e. The molecule has 2 nitrogen and oxygen atoms in total. The molecule has 0 aliphatic carbocycles. The highest BCUT2D eigenvalue weighted by Crippen LogP contribution is 2.27. The largest absolute Gasteiger partial charge is 0.371 e. The summed E-state index contributed by atoms with van der Waals surface area (Å²) in [6.45, 7) is 3.55. The van der Waals surface area contributed by atoms with Gasteiger partial charge < -0.3 is 9.67 Å². The van der Waals surface area contributed by atoms with Crippen LogP contribution >= 0.6 is 0 Å². The molecule has 0 spiro atoms. The first kappa shape index (κ1) is 12.0. The zero-order valence-corrected chi connectivity index (χ0v) is 11.1. The SMILES string of the molecule is CC(C)(O)n1ccc2ccc(-c3ccccc3)[c]c21. The molecule has 0 fully saturated rings. The number of benzene rings is 2. The summed E-state index contributed by atoms with van der Waals surface area (Å²) >= 11 is 0. The van der Waals surface area contributed by atoms with Crippen LogP contribution in [0.15, 0.2) is 54.7 Å². The average molecular weight is 250 g/mol. The minimum atomic E-state index is -0.923. The Bertz CT molecular complexity index is 705. The molecule has 0 unspecified atom stereocenters. The summed E-state index contributed by atoms with van der Waals surface area (Å²) in [6.07, 6.45) is 1.90. The molecule has 3 aromatic rings. The average Bonchev–Trinajstić information content (AvgIpc) is 2.82. The molecule has 0 amide bonds. The Morgan fingerprint density at radius 1 is 1.00 bits per heavy atom. The Morgan fingerprint density at radius 2 is 1.74 bits per heavy atom. The lowest BCUT2D eigenvalue weighted by atomic mass is 10.0. The number of fused-ring (bicyclic) bond motifs is 1. The van der Waals surface area contributed by atoms with E-state index in [0.717, 1.165) is 22.0 Å². The predicted molar refractivity (Wildman–Crippen MR) is 77.8 cm³/mol. The van der Waals surface area contributed by atoms with E-state index in [1.54, 1.807) is 13.8 Å². The van der Waals surface area contributed by atoms with Gasteiger partial charge in [0.25, 0.3) is 0 Å². The van der Waals surface area contributed by atoms with Gasteiger partial charge >= 0.3 is 0 Å². The Morgan fingerprint density at radius 3 is 2.42 bits per heavy atom. The summed E-state index contributed by atoms with van der Waals surface area (Å²) in [5, 5.41) is 11.3. The van der Waals surface area contributed by atoms with Crippen molar-refractivity contribution in [1.29, 1.82) is 0 Å². The molecule has 19 heavy (non-hydrogen) atoms. The second kappa shape index (κ2) is 4.25. The van der Waals surface area contributed by atoms with Crippen molar-refractivity contribution in [2.45, 2.75) is 19.6 Å². The quantitative estimate of drug-likeness (QED) is 0.735. The van der Waals surface area contributed by atoms with Gasteiger partial charge in [-0.15, -0.1) is 0 Å². The summed E-state index contributed by atoms with van der Waals surface area (Å²) in [5.74, 6) is 0. The number of aliphatic hydroxyl groups is 1. The van der Waals surface area contributed by atoms with Crippen molar-refractivity contribution < 1.29 is 5.11 Å². The normalized spacial score (nSPS) is 11.9. The summed E-state index contributed by atoms with van der Waals surface area (Å²) in [5.41, 5.74) is 2.17. The topological polar surface area (TPSA) is 25.2 Å². The number of hydrogen-bond acceptors (Lipinski definition) is 1. The second-order valence-corrected chi connectivity index (χ2v) is 5.22. The molecule has 1 aromatic heterocycles. The third kappa shape index (κ3) is 2.15. The minimum absolute atomic E-state index is 0.923. The summed E-state index contributed by atoms with van der Waals surface area (Å²) in [6, 6.07) is 19.7. The van der Waals surface area contributed by atoms with Crippen LogP contribution in [0.3, 0.4) is 0 Å². The summed E-state index contributed by atoms with van der Waals surface area (Å²) < 4.78 is 1.84. The van der Waals surface area contributed by atoms with Crippen molar-refractivity contribution in [2.24, 2.45) is 0 Å². The van der Waals surface area contributed by atoms with E-state index in [1.165, 1.54) is 0 Å².